The zero-order valence-corrected chi connectivity index (χ0v) is 33.1. The quantitative estimate of drug-likeness (QED) is 0.0231. The summed E-state index contributed by atoms with van der Waals surface area (Å²) in [6, 6.07) is -1.13. The summed E-state index contributed by atoms with van der Waals surface area (Å²) < 4.78 is 26.3. The van der Waals surface area contributed by atoms with Crippen molar-refractivity contribution in [2.45, 2.75) is 206 Å². The number of phosphoric acid groups is 1. The Balaban J connectivity index is 0. The first-order valence-corrected chi connectivity index (χ1v) is 21.6. The molecule has 0 spiro atoms. The van der Waals surface area contributed by atoms with Gasteiger partial charge in [-0.25, -0.2) is 4.57 Å². The Hall–Kier alpha value is -1.56. The number of carbonyl (C=O) groups excluding carboxylic acids is 2. The molecule has 0 aromatic rings. The summed E-state index contributed by atoms with van der Waals surface area (Å²) in [6.07, 6.45) is 31.0. The number of ether oxygens (including phenoxy) is 2. The number of hydrogen-bond donors (Lipinski definition) is 5. The number of carboxylic acids is 1. The Labute approximate surface area is 309 Å². The summed E-state index contributed by atoms with van der Waals surface area (Å²) in [7, 11) is -4.74. The first-order valence-electron chi connectivity index (χ1n) is 20.1. The lowest BCUT2D eigenvalue weighted by Crippen LogP contribution is -2.33. The van der Waals surface area contributed by atoms with Gasteiger partial charge in [0, 0.05) is 12.8 Å². The van der Waals surface area contributed by atoms with E-state index in [-0.39, 0.29) is 19.4 Å². The number of carbonyl (C=O) groups is 3. The second kappa shape index (κ2) is 38.2. The van der Waals surface area contributed by atoms with E-state index in [0.717, 1.165) is 32.1 Å². The SMILES string of the molecule is CCCCCCCCCCCCCCCC(=O)OCC(COP(=O)(O)O)OC(=O)CCCCCCCCCCCCCCC.NC(CO)C(=O)O. The number of aliphatic hydroxyl groups excluding tert-OH is 1. The molecular weight excluding hydrogens is 677 g/mol. The average molecular weight is 754 g/mol. The van der Waals surface area contributed by atoms with Gasteiger partial charge in [-0.1, -0.05) is 168 Å². The fourth-order valence-corrected chi connectivity index (χ4v) is 5.81. The Kier molecular flexibility index (Phi) is 38.6. The van der Waals surface area contributed by atoms with Crippen LogP contribution in [0.2, 0.25) is 0 Å². The highest BCUT2D eigenvalue weighted by Gasteiger charge is 2.23. The highest BCUT2D eigenvalue weighted by Crippen LogP contribution is 2.36. The van der Waals surface area contributed by atoms with E-state index >= 15 is 0 Å². The third-order valence-electron chi connectivity index (χ3n) is 8.64. The predicted molar refractivity (Wildman–Crippen MR) is 202 cm³/mol. The van der Waals surface area contributed by atoms with Gasteiger partial charge in [0.1, 0.15) is 12.6 Å². The predicted octanol–water partition coefficient (Wildman–Crippen LogP) is 8.90. The third-order valence-corrected chi connectivity index (χ3v) is 9.13. The number of unbranched alkanes of at least 4 members (excludes halogenated alkanes) is 24. The summed E-state index contributed by atoms with van der Waals surface area (Å²) >= 11 is 0. The van der Waals surface area contributed by atoms with E-state index in [1.54, 1.807) is 0 Å². The number of phosphoric ester groups is 1. The van der Waals surface area contributed by atoms with Crippen LogP contribution in [0, 0.1) is 0 Å². The van der Waals surface area contributed by atoms with Crippen LogP contribution < -0.4 is 5.73 Å². The normalized spacial score (nSPS) is 12.5. The number of esters is 2. The highest BCUT2D eigenvalue weighted by molar-refractivity contribution is 7.46. The fourth-order valence-electron chi connectivity index (χ4n) is 5.45. The average Bonchev–Trinajstić information content (AvgIpc) is 3.09. The minimum Gasteiger partial charge on any atom is -0.480 e. The molecule has 51 heavy (non-hydrogen) atoms. The Morgan fingerprint density at radius 3 is 1.20 bits per heavy atom. The smallest absolute Gasteiger partial charge is 0.469 e. The van der Waals surface area contributed by atoms with E-state index in [0.29, 0.717) is 6.42 Å². The standard InChI is InChI=1S/C35H69O8P.C3H7NO3/c1-3-5-7-9-11-13-15-17-19-21-23-25-27-29-34(36)41-31-33(32-42-44(38,39)40)43-35(37)30-28-26-24-22-20-18-16-14-12-10-8-6-4-2;4-2(1-5)3(6)7/h33H,3-32H2,1-2H3,(H2,38,39,40);2,5H,1,4H2,(H,6,7). The number of aliphatic carboxylic acids is 1. The fraction of sp³-hybridized carbons (Fsp3) is 0.921. The van der Waals surface area contributed by atoms with E-state index in [2.05, 4.69) is 18.4 Å². The molecule has 0 aliphatic carbocycles. The summed E-state index contributed by atoms with van der Waals surface area (Å²) in [5, 5.41) is 15.9. The maximum absolute atomic E-state index is 12.3. The molecule has 6 N–H and O–H groups in total. The summed E-state index contributed by atoms with van der Waals surface area (Å²) in [5.41, 5.74) is 4.77. The molecule has 2 unspecified atom stereocenters. The maximum atomic E-state index is 12.3. The van der Waals surface area contributed by atoms with Crippen molar-refractivity contribution < 1.29 is 52.9 Å². The van der Waals surface area contributed by atoms with Gasteiger partial charge in [-0.2, -0.15) is 0 Å². The number of hydrogen-bond acceptors (Lipinski definition) is 9. The van der Waals surface area contributed by atoms with Crippen LogP contribution in [0.25, 0.3) is 0 Å². The van der Waals surface area contributed by atoms with Gasteiger partial charge in [0.2, 0.25) is 0 Å². The van der Waals surface area contributed by atoms with E-state index < -0.39 is 51.1 Å². The molecule has 304 valence electrons. The van der Waals surface area contributed by atoms with Gasteiger partial charge in [0.25, 0.3) is 0 Å². The van der Waals surface area contributed by atoms with E-state index in [1.807, 2.05) is 0 Å². The van der Waals surface area contributed by atoms with E-state index in [1.165, 1.54) is 128 Å². The van der Waals surface area contributed by atoms with Crippen molar-refractivity contribution in [3.8, 4) is 0 Å². The molecule has 0 radical (unpaired) electrons. The van der Waals surface area contributed by atoms with Crippen molar-refractivity contribution in [3.05, 3.63) is 0 Å². The molecule has 0 aliphatic heterocycles. The van der Waals surface area contributed by atoms with E-state index in [9.17, 15) is 18.9 Å². The van der Waals surface area contributed by atoms with Gasteiger partial charge in [0.15, 0.2) is 6.10 Å². The van der Waals surface area contributed by atoms with Crippen LogP contribution in [0.3, 0.4) is 0 Å². The number of aliphatic hydroxyl groups is 1. The summed E-state index contributed by atoms with van der Waals surface area (Å²) in [5.74, 6) is -2.05. The molecule has 0 saturated heterocycles. The van der Waals surface area contributed by atoms with Crippen molar-refractivity contribution in [2.75, 3.05) is 19.8 Å². The molecule has 2 atom stereocenters. The molecule has 0 heterocycles. The lowest BCUT2D eigenvalue weighted by Gasteiger charge is -2.18. The zero-order valence-electron chi connectivity index (χ0n) is 32.2. The molecule has 0 bridgehead atoms. The number of rotatable bonds is 36. The van der Waals surface area contributed by atoms with Crippen molar-refractivity contribution in [3.63, 3.8) is 0 Å². The molecule has 0 aliphatic rings. The minimum atomic E-state index is -4.74. The second-order valence-electron chi connectivity index (χ2n) is 13.7. The number of carboxylic acid groups (broad SMARTS) is 1. The zero-order chi connectivity index (χ0) is 38.4. The van der Waals surface area contributed by atoms with Crippen molar-refractivity contribution >= 4 is 25.7 Å². The lowest BCUT2D eigenvalue weighted by atomic mass is 10.0. The van der Waals surface area contributed by atoms with Gasteiger partial charge >= 0.3 is 25.7 Å². The first kappa shape index (κ1) is 51.5. The van der Waals surface area contributed by atoms with Crippen molar-refractivity contribution in [2.24, 2.45) is 5.73 Å². The molecule has 0 saturated carbocycles. The van der Waals surface area contributed by atoms with Crippen molar-refractivity contribution in [1.82, 2.24) is 0 Å². The summed E-state index contributed by atoms with van der Waals surface area (Å²) in [4.78, 5) is 52.2. The van der Waals surface area contributed by atoms with Crippen molar-refractivity contribution in [1.29, 1.82) is 0 Å². The number of nitrogens with two attached hydrogens (primary N) is 1. The van der Waals surface area contributed by atoms with Crippen LogP contribution >= 0.6 is 7.82 Å². The van der Waals surface area contributed by atoms with E-state index in [4.69, 9.17) is 35.2 Å². The first-order chi connectivity index (χ1) is 24.5. The van der Waals surface area contributed by atoms with Gasteiger partial charge in [-0.3, -0.25) is 18.9 Å². The lowest BCUT2D eigenvalue weighted by molar-refractivity contribution is -0.161. The van der Waals surface area contributed by atoms with Gasteiger partial charge in [0.05, 0.1) is 13.2 Å². The Bertz CT molecular complexity index is 856. The third kappa shape index (κ3) is 42.7. The molecule has 12 nitrogen and oxygen atoms in total. The Morgan fingerprint density at radius 2 is 0.902 bits per heavy atom. The van der Waals surface area contributed by atoms with Crippen LogP contribution in [0.5, 0.6) is 0 Å². The summed E-state index contributed by atoms with van der Waals surface area (Å²) in [6.45, 7) is 3.18. The molecule has 0 fully saturated rings. The maximum Gasteiger partial charge on any atom is 0.469 e. The van der Waals surface area contributed by atoms with Crippen LogP contribution in [-0.4, -0.2) is 69.9 Å². The minimum absolute atomic E-state index is 0.219. The molecule has 0 amide bonds. The molecule has 0 rings (SSSR count). The van der Waals surface area contributed by atoms with Gasteiger partial charge in [-0.15, -0.1) is 0 Å². The Morgan fingerprint density at radius 1 is 0.569 bits per heavy atom. The molecule has 13 heteroatoms. The van der Waals surface area contributed by atoms with Gasteiger partial charge in [-0.05, 0) is 12.8 Å². The van der Waals surface area contributed by atoms with Gasteiger partial charge < -0.3 is 35.2 Å². The highest BCUT2D eigenvalue weighted by atomic mass is 31.2. The van der Waals surface area contributed by atoms with Crippen LogP contribution in [0.4, 0.5) is 0 Å². The molecular formula is C38H76NO11P. The topological polar surface area (TPSA) is 203 Å². The largest absolute Gasteiger partial charge is 0.480 e. The molecule has 0 aromatic carbocycles. The molecule has 0 aromatic heterocycles. The van der Waals surface area contributed by atoms with Crippen LogP contribution in [0.1, 0.15) is 194 Å². The van der Waals surface area contributed by atoms with Crippen LogP contribution in [-0.2, 0) is 32.9 Å². The second-order valence-corrected chi connectivity index (χ2v) is 14.9. The van der Waals surface area contributed by atoms with Crippen LogP contribution in [0.15, 0.2) is 0 Å². The monoisotopic (exact) mass is 754 g/mol.